The first-order valence-electron chi connectivity index (χ1n) is 11.2. The van der Waals surface area contributed by atoms with E-state index < -0.39 is 11.6 Å². The average molecular weight is 470 g/mol. The molecule has 3 aromatic rings. The fourth-order valence-corrected chi connectivity index (χ4v) is 3.52. The van der Waals surface area contributed by atoms with E-state index in [1.807, 2.05) is 58.9 Å². The predicted molar refractivity (Wildman–Crippen MR) is 127 cm³/mol. The molecule has 10 heteroatoms. The first-order valence-corrected chi connectivity index (χ1v) is 11.2. The van der Waals surface area contributed by atoms with Crippen LogP contribution in [0.3, 0.4) is 0 Å². The van der Waals surface area contributed by atoms with Crippen LogP contribution in [-0.4, -0.2) is 39.8 Å². The number of anilines is 1. The highest BCUT2D eigenvalue weighted by molar-refractivity contribution is 6.01. The Balaban J connectivity index is 1.89. The molecular formula is C24H33N6O4+. The largest absolute Gasteiger partial charge is 0.497 e. The van der Waals surface area contributed by atoms with E-state index in [2.05, 4.69) is 30.8 Å². The van der Waals surface area contributed by atoms with Crippen LogP contribution >= 0.6 is 0 Å². The molecular weight excluding hydrogens is 436 g/mol. The minimum absolute atomic E-state index is 0.213. The van der Waals surface area contributed by atoms with Gasteiger partial charge in [0.25, 0.3) is 11.7 Å². The number of aromatic nitrogens is 4. The first kappa shape index (κ1) is 24.8. The van der Waals surface area contributed by atoms with E-state index in [1.54, 1.807) is 7.11 Å². The number of nitrogens with zero attached hydrogens (tertiary/aromatic N) is 1. The van der Waals surface area contributed by atoms with Crippen molar-refractivity contribution in [1.29, 1.82) is 0 Å². The second kappa shape index (κ2) is 10.4. The fourth-order valence-electron chi connectivity index (χ4n) is 3.52. The van der Waals surface area contributed by atoms with Gasteiger partial charge >= 0.3 is 5.97 Å². The summed E-state index contributed by atoms with van der Waals surface area (Å²) in [5.74, 6) is 1.34. The van der Waals surface area contributed by atoms with Crippen molar-refractivity contribution in [3.05, 3.63) is 58.4 Å². The molecule has 0 saturated carbocycles. The maximum atomic E-state index is 13.3. The topological polar surface area (TPSA) is 135 Å². The Morgan fingerprint density at radius 1 is 1.15 bits per heavy atom. The van der Waals surface area contributed by atoms with Crippen molar-refractivity contribution >= 4 is 17.6 Å². The minimum atomic E-state index is -0.662. The molecule has 182 valence electrons. The zero-order chi connectivity index (χ0) is 24.9. The van der Waals surface area contributed by atoms with Gasteiger partial charge < -0.3 is 25.1 Å². The molecule has 10 nitrogen and oxygen atoms in total. The van der Waals surface area contributed by atoms with E-state index in [0.717, 1.165) is 17.3 Å². The van der Waals surface area contributed by atoms with Gasteiger partial charge in [0.15, 0.2) is 0 Å². The van der Waals surface area contributed by atoms with Gasteiger partial charge in [-0.2, -0.15) is 0 Å². The number of rotatable bonds is 9. The Hall–Kier alpha value is -3.82. The van der Waals surface area contributed by atoms with E-state index in [9.17, 15) is 9.59 Å². The Bertz CT molecular complexity index is 1140. The lowest BCUT2D eigenvalue weighted by Gasteiger charge is -2.19. The van der Waals surface area contributed by atoms with Gasteiger partial charge in [0.2, 0.25) is 5.82 Å². The maximum Gasteiger partial charge on any atom is 0.355 e. The molecule has 0 bridgehead atoms. The highest BCUT2D eigenvalue weighted by Crippen LogP contribution is 2.24. The van der Waals surface area contributed by atoms with Crippen LogP contribution < -0.4 is 20.4 Å². The zero-order valence-electron chi connectivity index (χ0n) is 20.5. The van der Waals surface area contributed by atoms with Crippen molar-refractivity contribution in [2.24, 2.45) is 0 Å². The number of amides is 1. The third kappa shape index (κ3) is 6.15. The van der Waals surface area contributed by atoms with E-state index in [0.29, 0.717) is 35.6 Å². The van der Waals surface area contributed by atoms with E-state index in [-0.39, 0.29) is 18.1 Å². The molecule has 0 aliphatic heterocycles. The molecule has 0 unspecified atom stereocenters. The second-order valence-electron chi connectivity index (χ2n) is 8.87. The molecule has 2 heterocycles. The number of aryl methyl sites for hydroxylation is 1. The van der Waals surface area contributed by atoms with Gasteiger partial charge in [-0.25, -0.2) is 9.78 Å². The van der Waals surface area contributed by atoms with Crippen molar-refractivity contribution in [1.82, 2.24) is 20.5 Å². The average Bonchev–Trinajstić information content (AvgIpc) is 3.38. The van der Waals surface area contributed by atoms with Crippen LogP contribution in [0.25, 0.3) is 0 Å². The van der Waals surface area contributed by atoms with Gasteiger partial charge in [-0.05, 0) is 57.0 Å². The molecule has 0 aliphatic rings. The van der Waals surface area contributed by atoms with E-state index in [4.69, 9.17) is 9.47 Å². The van der Waals surface area contributed by atoms with Gasteiger partial charge in [0, 0.05) is 23.4 Å². The lowest BCUT2D eigenvalue weighted by molar-refractivity contribution is -0.399. The van der Waals surface area contributed by atoms with Crippen LogP contribution in [0.4, 0.5) is 5.69 Å². The van der Waals surface area contributed by atoms with Crippen LogP contribution in [0.5, 0.6) is 5.75 Å². The standard InChI is InChI=1S/C24H32N6O4/c1-7-17-20(22(31)26-13-19-27-14(2)29-30-19)18(28-21(17)23(32)34-24(3,4)5)12-25-15-8-10-16(33-6)11-9-15/h8-11,25,28H,7,12-13H2,1-6H3,(H,26,31)(H,27,29,30)/p+1. The number of carbonyl (C=O) groups excluding carboxylic acids is 2. The summed E-state index contributed by atoms with van der Waals surface area (Å²) in [5, 5.41) is 13.1. The van der Waals surface area contributed by atoms with Crippen LogP contribution in [0, 0.1) is 6.92 Å². The highest BCUT2D eigenvalue weighted by atomic mass is 16.6. The van der Waals surface area contributed by atoms with Crippen LogP contribution in [0.15, 0.2) is 24.3 Å². The summed E-state index contributed by atoms with van der Waals surface area (Å²) in [5.41, 5.74) is 2.10. The molecule has 0 radical (unpaired) electrons. The summed E-state index contributed by atoms with van der Waals surface area (Å²) in [6.07, 6.45) is 0.476. The second-order valence-corrected chi connectivity index (χ2v) is 8.87. The Kier molecular flexibility index (Phi) is 7.60. The van der Waals surface area contributed by atoms with Crippen LogP contribution in [0.1, 0.15) is 71.4 Å². The van der Waals surface area contributed by atoms with Crippen LogP contribution in [0.2, 0.25) is 0 Å². The van der Waals surface area contributed by atoms with Crippen LogP contribution in [-0.2, 0) is 24.2 Å². The Morgan fingerprint density at radius 3 is 2.41 bits per heavy atom. The normalized spacial score (nSPS) is 11.2. The van der Waals surface area contributed by atoms with Crippen molar-refractivity contribution in [3.63, 3.8) is 0 Å². The number of nitrogens with one attached hydrogen (secondary N) is 5. The lowest BCUT2D eigenvalue weighted by atomic mass is 10.0. The van der Waals surface area contributed by atoms with Crippen molar-refractivity contribution in [2.45, 2.75) is 59.7 Å². The number of ether oxygens (including phenoxy) is 2. The number of carbonyl (C=O) groups is 2. The smallest absolute Gasteiger partial charge is 0.355 e. The number of aromatic amines is 3. The van der Waals surface area contributed by atoms with Gasteiger partial charge in [-0.1, -0.05) is 6.92 Å². The summed E-state index contributed by atoms with van der Waals surface area (Å²) < 4.78 is 10.8. The number of methoxy groups -OCH3 is 1. The number of hydrogen-bond acceptors (Lipinski definition) is 6. The monoisotopic (exact) mass is 469 g/mol. The zero-order valence-corrected chi connectivity index (χ0v) is 20.5. The number of H-pyrrole nitrogens is 3. The quantitative estimate of drug-likeness (QED) is 0.356. The molecule has 5 N–H and O–H groups in total. The molecule has 3 rings (SSSR count). The summed E-state index contributed by atoms with van der Waals surface area (Å²) in [4.78, 5) is 32.4. The molecule has 1 aromatic carbocycles. The SMILES string of the molecule is CCc1c(C(=O)OC(C)(C)C)[nH]c(CNc2ccc(OC)cc2)c1C(=O)NCc1n[nH]c(C)[nH+]1. The van der Waals surface area contributed by atoms with E-state index in [1.165, 1.54) is 0 Å². The number of hydrogen-bond donors (Lipinski definition) is 4. The molecule has 0 fully saturated rings. The molecule has 0 aliphatic carbocycles. The molecule has 0 saturated heterocycles. The summed E-state index contributed by atoms with van der Waals surface area (Å²) in [7, 11) is 1.61. The predicted octanol–water partition coefficient (Wildman–Crippen LogP) is 2.93. The van der Waals surface area contributed by atoms with Gasteiger partial charge in [0.05, 0.1) is 19.2 Å². The Morgan fingerprint density at radius 2 is 1.85 bits per heavy atom. The number of esters is 1. The summed E-state index contributed by atoms with van der Waals surface area (Å²) in [6.45, 7) is 9.68. The number of benzene rings is 1. The fraction of sp³-hybridized carbons (Fsp3) is 0.417. The van der Waals surface area contributed by atoms with Gasteiger partial charge in [-0.3, -0.25) is 4.79 Å². The van der Waals surface area contributed by atoms with Crippen molar-refractivity contribution in [2.75, 3.05) is 12.4 Å². The molecule has 0 spiro atoms. The van der Waals surface area contributed by atoms with E-state index >= 15 is 0 Å². The molecule has 34 heavy (non-hydrogen) atoms. The molecule has 0 atom stereocenters. The third-order valence-corrected chi connectivity index (χ3v) is 5.03. The first-order chi connectivity index (χ1) is 16.1. The highest BCUT2D eigenvalue weighted by Gasteiger charge is 2.28. The third-order valence-electron chi connectivity index (χ3n) is 5.03. The van der Waals surface area contributed by atoms with Gasteiger partial charge in [-0.15, -0.1) is 5.10 Å². The molecule has 2 aromatic heterocycles. The van der Waals surface area contributed by atoms with Crippen molar-refractivity contribution < 1.29 is 24.0 Å². The maximum absolute atomic E-state index is 13.3. The van der Waals surface area contributed by atoms with Crippen molar-refractivity contribution in [3.8, 4) is 5.75 Å². The lowest BCUT2D eigenvalue weighted by Crippen LogP contribution is -2.28. The minimum Gasteiger partial charge on any atom is -0.497 e. The summed E-state index contributed by atoms with van der Waals surface area (Å²) in [6, 6.07) is 7.45. The Labute approximate surface area is 198 Å². The molecule has 1 amide bonds. The van der Waals surface area contributed by atoms with Gasteiger partial charge in [0.1, 0.15) is 23.6 Å². The summed E-state index contributed by atoms with van der Waals surface area (Å²) >= 11 is 0.